The summed E-state index contributed by atoms with van der Waals surface area (Å²) in [6.07, 6.45) is 3.48. The summed E-state index contributed by atoms with van der Waals surface area (Å²) >= 11 is 0. The number of carbonyl (C=O) groups is 1. The van der Waals surface area contributed by atoms with Gasteiger partial charge in [-0.25, -0.2) is 4.98 Å². The Bertz CT molecular complexity index is 575. The molecular formula is C13H15N3O2. The zero-order chi connectivity index (χ0) is 13.1. The van der Waals surface area contributed by atoms with Gasteiger partial charge in [0.25, 0.3) is 5.91 Å². The van der Waals surface area contributed by atoms with Crippen LogP contribution in [0.2, 0.25) is 0 Å². The first kappa shape index (κ1) is 12.2. The lowest BCUT2D eigenvalue weighted by atomic mass is 10.1. The smallest absolute Gasteiger partial charge is 0.255 e. The summed E-state index contributed by atoms with van der Waals surface area (Å²) in [4.78, 5) is 16.0. The van der Waals surface area contributed by atoms with Crippen molar-refractivity contribution in [2.24, 2.45) is 7.05 Å². The van der Waals surface area contributed by atoms with Gasteiger partial charge >= 0.3 is 0 Å². The standard InChI is InChI=1S/C13H15N3O2/c1-9-3-4-10(11(17)7-9)13(18)15-8-12-14-5-6-16(12)2/h3-7,17H,8H2,1-2H3,(H,15,18). The highest BCUT2D eigenvalue weighted by Crippen LogP contribution is 2.18. The highest BCUT2D eigenvalue weighted by atomic mass is 16.3. The average molecular weight is 245 g/mol. The second-order valence-electron chi connectivity index (χ2n) is 4.16. The van der Waals surface area contributed by atoms with Crippen LogP contribution < -0.4 is 5.32 Å². The van der Waals surface area contributed by atoms with Crippen molar-refractivity contribution < 1.29 is 9.90 Å². The number of aromatic nitrogens is 2. The first-order valence-corrected chi connectivity index (χ1v) is 5.62. The molecular weight excluding hydrogens is 230 g/mol. The van der Waals surface area contributed by atoms with E-state index >= 15 is 0 Å². The molecule has 0 radical (unpaired) electrons. The van der Waals surface area contributed by atoms with Gasteiger partial charge in [-0.2, -0.15) is 0 Å². The van der Waals surface area contributed by atoms with E-state index in [0.29, 0.717) is 6.54 Å². The molecule has 2 N–H and O–H groups in total. The molecule has 0 saturated heterocycles. The lowest BCUT2D eigenvalue weighted by molar-refractivity contribution is 0.0947. The fourth-order valence-electron chi connectivity index (χ4n) is 1.66. The molecule has 0 aliphatic carbocycles. The van der Waals surface area contributed by atoms with Gasteiger partial charge in [0.2, 0.25) is 0 Å². The maximum absolute atomic E-state index is 11.9. The zero-order valence-electron chi connectivity index (χ0n) is 10.3. The minimum atomic E-state index is -0.310. The third-order valence-corrected chi connectivity index (χ3v) is 2.73. The van der Waals surface area contributed by atoms with Crippen LogP contribution in [0.4, 0.5) is 0 Å². The van der Waals surface area contributed by atoms with E-state index in [4.69, 9.17) is 0 Å². The number of amides is 1. The Balaban J connectivity index is 2.06. The lowest BCUT2D eigenvalue weighted by Crippen LogP contribution is -2.24. The van der Waals surface area contributed by atoms with Gasteiger partial charge < -0.3 is 15.0 Å². The molecule has 2 aromatic rings. The third kappa shape index (κ3) is 2.51. The molecule has 1 heterocycles. The molecule has 0 aliphatic rings. The van der Waals surface area contributed by atoms with E-state index in [1.807, 2.05) is 24.7 Å². The van der Waals surface area contributed by atoms with Gasteiger partial charge in [-0.05, 0) is 24.6 Å². The fourth-order valence-corrected chi connectivity index (χ4v) is 1.66. The topological polar surface area (TPSA) is 67.2 Å². The molecule has 1 amide bonds. The molecule has 0 aliphatic heterocycles. The average Bonchev–Trinajstić information content (AvgIpc) is 2.72. The molecule has 5 heteroatoms. The number of hydrogen-bond donors (Lipinski definition) is 2. The van der Waals surface area contributed by atoms with Crippen LogP contribution in [0.3, 0.4) is 0 Å². The van der Waals surface area contributed by atoms with Crippen LogP contribution in [0.1, 0.15) is 21.7 Å². The third-order valence-electron chi connectivity index (χ3n) is 2.73. The van der Waals surface area contributed by atoms with Gasteiger partial charge in [-0.1, -0.05) is 6.07 Å². The largest absolute Gasteiger partial charge is 0.507 e. The van der Waals surface area contributed by atoms with Crippen molar-refractivity contribution in [1.29, 1.82) is 0 Å². The van der Waals surface area contributed by atoms with Crippen molar-refractivity contribution in [2.45, 2.75) is 13.5 Å². The number of phenols is 1. The van der Waals surface area contributed by atoms with Gasteiger partial charge in [0.15, 0.2) is 0 Å². The van der Waals surface area contributed by atoms with Crippen LogP contribution in [0, 0.1) is 6.92 Å². The van der Waals surface area contributed by atoms with Crippen molar-refractivity contribution in [3.63, 3.8) is 0 Å². The van der Waals surface area contributed by atoms with E-state index < -0.39 is 0 Å². The number of hydrogen-bond acceptors (Lipinski definition) is 3. The molecule has 0 spiro atoms. The first-order chi connectivity index (χ1) is 8.58. The number of aromatic hydroxyl groups is 1. The van der Waals surface area contributed by atoms with Crippen LogP contribution >= 0.6 is 0 Å². The molecule has 1 aromatic carbocycles. The van der Waals surface area contributed by atoms with Crippen molar-refractivity contribution in [3.8, 4) is 5.75 Å². The maximum Gasteiger partial charge on any atom is 0.255 e. The van der Waals surface area contributed by atoms with Crippen LogP contribution in [0.25, 0.3) is 0 Å². The van der Waals surface area contributed by atoms with Crippen LogP contribution in [0.15, 0.2) is 30.6 Å². The van der Waals surface area contributed by atoms with E-state index in [-0.39, 0.29) is 17.2 Å². The summed E-state index contributed by atoms with van der Waals surface area (Å²) in [6.45, 7) is 2.19. The predicted octanol–water partition coefficient (Wildman–Crippen LogP) is 1.36. The molecule has 2 rings (SSSR count). The Morgan fingerprint density at radius 2 is 2.28 bits per heavy atom. The highest BCUT2D eigenvalue weighted by molar-refractivity contribution is 5.96. The molecule has 0 atom stereocenters. The van der Waals surface area contributed by atoms with Crippen LogP contribution in [-0.4, -0.2) is 20.6 Å². The number of carbonyl (C=O) groups excluding carboxylic acids is 1. The Morgan fingerprint density at radius 3 is 2.89 bits per heavy atom. The monoisotopic (exact) mass is 245 g/mol. The highest BCUT2D eigenvalue weighted by Gasteiger charge is 2.11. The molecule has 0 fully saturated rings. The van der Waals surface area contributed by atoms with E-state index in [9.17, 15) is 9.90 Å². The Kier molecular flexibility index (Phi) is 3.32. The van der Waals surface area contributed by atoms with E-state index in [0.717, 1.165) is 11.4 Å². The molecule has 0 unspecified atom stereocenters. The Morgan fingerprint density at radius 1 is 1.50 bits per heavy atom. The summed E-state index contributed by atoms with van der Waals surface area (Å²) in [5.41, 5.74) is 1.18. The number of nitrogens with one attached hydrogen (secondary N) is 1. The van der Waals surface area contributed by atoms with E-state index in [1.54, 1.807) is 24.4 Å². The SMILES string of the molecule is Cc1ccc(C(=O)NCc2nccn2C)c(O)c1. The van der Waals surface area contributed by atoms with Crippen LogP contribution in [-0.2, 0) is 13.6 Å². The fraction of sp³-hybridized carbons (Fsp3) is 0.231. The second kappa shape index (κ2) is 4.91. The van der Waals surface area contributed by atoms with E-state index in [1.165, 1.54) is 0 Å². The summed E-state index contributed by atoms with van der Waals surface area (Å²) < 4.78 is 1.83. The molecule has 1 aromatic heterocycles. The quantitative estimate of drug-likeness (QED) is 0.858. The summed E-state index contributed by atoms with van der Waals surface area (Å²) in [5.74, 6) is 0.442. The minimum absolute atomic E-state index is 0.00709. The predicted molar refractivity (Wildman–Crippen MR) is 67.2 cm³/mol. The first-order valence-electron chi connectivity index (χ1n) is 5.62. The van der Waals surface area contributed by atoms with E-state index in [2.05, 4.69) is 10.3 Å². The maximum atomic E-state index is 11.9. The molecule has 5 nitrogen and oxygen atoms in total. The van der Waals surface area contributed by atoms with Gasteiger partial charge in [-0.15, -0.1) is 0 Å². The summed E-state index contributed by atoms with van der Waals surface area (Å²) in [5, 5.41) is 12.4. The second-order valence-corrected chi connectivity index (χ2v) is 4.16. The number of aryl methyl sites for hydroxylation is 2. The van der Waals surface area contributed by atoms with Gasteiger partial charge in [0.05, 0.1) is 12.1 Å². The van der Waals surface area contributed by atoms with Gasteiger partial charge in [-0.3, -0.25) is 4.79 Å². The number of benzene rings is 1. The van der Waals surface area contributed by atoms with Crippen molar-refractivity contribution in [2.75, 3.05) is 0 Å². The summed E-state index contributed by atoms with van der Waals surface area (Å²) in [6, 6.07) is 4.96. The van der Waals surface area contributed by atoms with Gasteiger partial charge in [0.1, 0.15) is 11.6 Å². The van der Waals surface area contributed by atoms with Crippen molar-refractivity contribution in [1.82, 2.24) is 14.9 Å². The normalized spacial score (nSPS) is 10.3. The number of nitrogens with zero attached hydrogens (tertiary/aromatic N) is 2. The van der Waals surface area contributed by atoms with Gasteiger partial charge in [0, 0.05) is 19.4 Å². The minimum Gasteiger partial charge on any atom is -0.507 e. The Labute approximate surface area is 105 Å². The van der Waals surface area contributed by atoms with Crippen molar-refractivity contribution >= 4 is 5.91 Å². The van der Waals surface area contributed by atoms with Crippen LogP contribution in [0.5, 0.6) is 5.75 Å². The summed E-state index contributed by atoms with van der Waals surface area (Å²) in [7, 11) is 1.86. The van der Waals surface area contributed by atoms with Crippen molar-refractivity contribution in [3.05, 3.63) is 47.5 Å². The zero-order valence-corrected chi connectivity index (χ0v) is 10.3. The number of imidazole rings is 1. The number of phenolic OH excluding ortho intramolecular Hbond substituents is 1. The molecule has 18 heavy (non-hydrogen) atoms. The lowest BCUT2D eigenvalue weighted by Gasteiger charge is -2.07. The molecule has 0 bridgehead atoms. The Hall–Kier alpha value is -2.30. The number of rotatable bonds is 3. The molecule has 0 saturated carbocycles. The molecule has 94 valence electrons.